The average molecular weight is 257 g/mol. The van der Waals surface area contributed by atoms with Gasteiger partial charge in [0.15, 0.2) is 0 Å². The number of hydrogen-bond acceptors (Lipinski definition) is 4. The van der Waals surface area contributed by atoms with E-state index in [-0.39, 0.29) is 11.5 Å². The molecule has 0 aliphatic rings. The maximum Gasteiger partial charge on any atom is 0.147 e. The summed E-state index contributed by atoms with van der Waals surface area (Å²) in [5, 5.41) is 12.7. The van der Waals surface area contributed by atoms with Crippen molar-refractivity contribution in [1.29, 1.82) is 0 Å². The Morgan fingerprint density at radius 1 is 1.35 bits per heavy atom. The molecule has 0 saturated heterocycles. The van der Waals surface area contributed by atoms with Gasteiger partial charge in [-0.05, 0) is 26.0 Å². The van der Waals surface area contributed by atoms with Gasteiger partial charge in [0.25, 0.3) is 0 Å². The molecular weight excluding hydrogens is 238 g/mol. The van der Waals surface area contributed by atoms with Gasteiger partial charge in [-0.3, -0.25) is 0 Å². The Balaban J connectivity index is 2.34. The van der Waals surface area contributed by atoms with E-state index in [2.05, 4.69) is 5.32 Å². The highest BCUT2D eigenvalue weighted by Gasteiger charge is 2.03. The molecule has 1 aromatic carbocycles. The fourth-order valence-corrected chi connectivity index (χ4v) is 2.21. The number of phenolic OH excluding ortho intramolecular Hbond substituents is 1. The van der Waals surface area contributed by atoms with Crippen LogP contribution in [0, 0.1) is 6.92 Å². The van der Waals surface area contributed by atoms with Gasteiger partial charge in [-0.15, -0.1) is 0 Å². The van der Waals surface area contributed by atoms with Gasteiger partial charge in [-0.2, -0.15) is 0 Å². The van der Waals surface area contributed by atoms with Crippen molar-refractivity contribution >= 4 is 9.84 Å². The predicted octanol–water partition coefficient (Wildman–Crippen LogP) is 1.22. The molecule has 96 valence electrons. The topological polar surface area (TPSA) is 66.4 Å². The third kappa shape index (κ3) is 5.70. The summed E-state index contributed by atoms with van der Waals surface area (Å²) in [7, 11) is -2.87. The summed E-state index contributed by atoms with van der Waals surface area (Å²) >= 11 is 0. The van der Waals surface area contributed by atoms with Crippen LogP contribution in [-0.2, 0) is 16.4 Å². The zero-order chi connectivity index (χ0) is 12.9. The van der Waals surface area contributed by atoms with Crippen LogP contribution in [0.4, 0.5) is 0 Å². The van der Waals surface area contributed by atoms with Crippen LogP contribution in [0.2, 0.25) is 0 Å². The molecule has 0 atom stereocenters. The first kappa shape index (κ1) is 14.0. The van der Waals surface area contributed by atoms with E-state index in [1.807, 2.05) is 19.1 Å². The second-order valence-corrected chi connectivity index (χ2v) is 6.55. The molecule has 0 aliphatic carbocycles. The Morgan fingerprint density at radius 3 is 2.71 bits per heavy atom. The monoisotopic (exact) mass is 257 g/mol. The lowest BCUT2D eigenvalue weighted by atomic mass is 10.1. The molecule has 17 heavy (non-hydrogen) atoms. The van der Waals surface area contributed by atoms with Crippen molar-refractivity contribution in [3.8, 4) is 5.75 Å². The average Bonchev–Trinajstić information content (AvgIpc) is 2.21. The van der Waals surface area contributed by atoms with Crippen LogP contribution in [0.5, 0.6) is 5.75 Å². The van der Waals surface area contributed by atoms with Gasteiger partial charge in [0.1, 0.15) is 15.6 Å². The minimum atomic E-state index is -2.87. The second kappa shape index (κ2) is 6.02. The standard InChI is InChI=1S/C12H19NO3S/c1-10-4-5-12(14)11(8-10)9-13-6-3-7-17(2,15)16/h4-5,8,13-14H,3,6-7,9H2,1-2H3. The molecule has 0 spiro atoms. The van der Waals surface area contributed by atoms with Gasteiger partial charge in [0, 0.05) is 18.4 Å². The van der Waals surface area contributed by atoms with Gasteiger partial charge in [-0.1, -0.05) is 17.7 Å². The smallest absolute Gasteiger partial charge is 0.147 e. The van der Waals surface area contributed by atoms with Crippen molar-refractivity contribution in [2.24, 2.45) is 0 Å². The molecule has 0 saturated carbocycles. The van der Waals surface area contributed by atoms with E-state index in [1.54, 1.807) is 6.07 Å². The van der Waals surface area contributed by atoms with E-state index in [9.17, 15) is 13.5 Å². The zero-order valence-corrected chi connectivity index (χ0v) is 11.0. The van der Waals surface area contributed by atoms with E-state index in [1.165, 1.54) is 6.26 Å². The maximum absolute atomic E-state index is 10.9. The molecule has 0 bridgehead atoms. The van der Waals surface area contributed by atoms with Crippen LogP contribution < -0.4 is 5.32 Å². The van der Waals surface area contributed by atoms with E-state index in [0.717, 1.165) is 11.1 Å². The molecule has 0 amide bonds. The highest BCUT2D eigenvalue weighted by atomic mass is 32.2. The SMILES string of the molecule is Cc1ccc(O)c(CNCCCS(C)(=O)=O)c1. The first-order chi connectivity index (χ1) is 7.88. The lowest BCUT2D eigenvalue weighted by molar-refractivity contribution is 0.464. The third-order valence-corrected chi connectivity index (χ3v) is 3.45. The van der Waals surface area contributed by atoms with Crippen LogP contribution in [-0.4, -0.2) is 32.1 Å². The molecule has 0 radical (unpaired) electrons. The van der Waals surface area contributed by atoms with Crippen molar-refractivity contribution in [1.82, 2.24) is 5.32 Å². The molecule has 1 aromatic rings. The number of aryl methyl sites for hydroxylation is 1. The first-order valence-corrected chi connectivity index (χ1v) is 7.61. The number of hydrogen-bond donors (Lipinski definition) is 2. The third-order valence-electron chi connectivity index (χ3n) is 2.42. The van der Waals surface area contributed by atoms with Gasteiger partial charge in [-0.25, -0.2) is 8.42 Å². The predicted molar refractivity (Wildman–Crippen MR) is 68.9 cm³/mol. The van der Waals surface area contributed by atoms with Gasteiger partial charge in [0.05, 0.1) is 5.75 Å². The Kier molecular flexibility index (Phi) is 4.96. The normalized spacial score (nSPS) is 11.6. The van der Waals surface area contributed by atoms with Crippen molar-refractivity contribution in [2.75, 3.05) is 18.6 Å². The van der Waals surface area contributed by atoms with E-state index in [4.69, 9.17) is 0 Å². The minimum Gasteiger partial charge on any atom is -0.508 e. The number of sulfone groups is 1. The summed E-state index contributed by atoms with van der Waals surface area (Å²) in [5.74, 6) is 0.464. The summed E-state index contributed by atoms with van der Waals surface area (Å²) < 4.78 is 21.8. The summed E-state index contributed by atoms with van der Waals surface area (Å²) in [4.78, 5) is 0. The largest absolute Gasteiger partial charge is 0.508 e. The summed E-state index contributed by atoms with van der Waals surface area (Å²) in [6.07, 6.45) is 1.82. The number of rotatable bonds is 6. The lowest BCUT2D eigenvalue weighted by Crippen LogP contribution is -2.18. The van der Waals surface area contributed by atoms with Crippen molar-refractivity contribution in [3.05, 3.63) is 29.3 Å². The van der Waals surface area contributed by atoms with Crippen molar-refractivity contribution in [2.45, 2.75) is 19.9 Å². The molecule has 0 fully saturated rings. The van der Waals surface area contributed by atoms with Crippen molar-refractivity contribution < 1.29 is 13.5 Å². The lowest BCUT2D eigenvalue weighted by Gasteiger charge is -2.07. The van der Waals surface area contributed by atoms with Gasteiger partial charge >= 0.3 is 0 Å². The summed E-state index contributed by atoms with van der Waals surface area (Å²) in [5.41, 5.74) is 1.93. The second-order valence-electron chi connectivity index (χ2n) is 4.29. The summed E-state index contributed by atoms with van der Waals surface area (Å²) in [6, 6.07) is 5.43. The molecule has 1 rings (SSSR count). The Bertz CT molecular complexity index is 469. The number of benzene rings is 1. The van der Waals surface area contributed by atoms with Crippen LogP contribution >= 0.6 is 0 Å². The molecule has 4 nitrogen and oxygen atoms in total. The van der Waals surface area contributed by atoms with Gasteiger partial charge < -0.3 is 10.4 Å². The Hall–Kier alpha value is -1.07. The highest BCUT2D eigenvalue weighted by molar-refractivity contribution is 7.90. The quantitative estimate of drug-likeness (QED) is 0.752. The molecule has 0 aromatic heterocycles. The van der Waals surface area contributed by atoms with Crippen LogP contribution in [0.3, 0.4) is 0 Å². The van der Waals surface area contributed by atoms with E-state index < -0.39 is 9.84 Å². The van der Waals surface area contributed by atoms with E-state index >= 15 is 0 Å². The molecule has 0 heterocycles. The molecule has 2 N–H and O–H groups in total. The Morgan fingerprint density at radius 2 is 2.06 bits per heavy atom. The highest BCUT2D eigenvalue weighted by Crippen LogP contribution is 2.17. The number of aromatic hydroxyl groups is 1. The number of phenols is 1. The first-order valence-electron chi connectivity index (χ1n) is 5.55. The fourth-order valence-electron chi connectivity index (χ4n) is 1.54. The Labute approximate surface area is 103 Å². The molecule has 0 unspecified atom stereocenters. The molecule has 0 aliphatic heterocycles. The van der Waals surface area contributed by atoms with Gasteiger partial charge in [0.2, 0.25) is 0 Å². The summed E-state index contributed by atoms with van der Waals surface area (Å²) in [6.45, 7) is 3.14. The van der Waals surface area contributed by atoms with E-state index in [0.29, 0.717) is 19.5 Å². The fraction of sp³-hybridized carbons (Fsp3) is 0.500. The molecule has 5 heteroatoms. The van der Waals surface area contributed by atoms with Crippen LogP contribution in [0.15, 0.2) is 18.2 Å². The maximum atomic E-state index is 10.9. The zero-order valence-electron chi connectivity index (χ0n) is 10.2. The number of nitrogens with one attached hydrogen (secondary N) is 1. The van der Waals surface area contributed by atoms with Crippen molar-refractivity contribution in [3.63, 3.8) is 0 Å². The van der Waals surface area contributed by atoms with Crippen LogP contribution in [0.25, 0.3) is 0 Å². The molecular formula is C12H19NO3S. The van der Waals surface area contributed by atoms with Crippen LogP contribution in [0.1, 0.15) is 17.5 Å². The minimum absolute atomic E-state index is 0.194.